The summed E-state index contributed by atoms with van der Waals surface area (Å²) in [5, 5.41) is 9.46. The zero-order chi connectivity index (χ0) is 13.9. The van der Waals surface area contributed by atoms with E-state index < -0.39 is 6.04 Å². The van der Waals surface area contributed by atoms with Crippen molar-refractivity contribution in [1.82, 2.24) is 4.90 Å². The number of carbonyl (C=O) groups excluding carboxylic acids is 1. The zero-order valence-corrected chi connectivity index (χ0v) is 11.0. The van der Waals surface area contributed by atoms with Gasteiger partial charge in [0.1, 0.15) is 6.04 Å². The van der Waals surface area contributed by atoms with Crippen LogP contribution in [0.25, 0.3) is 0 Å². The average Bonchev–Trinajstić information content (AvgIpc) is 2.54. The Labute approximate surface area is 118 Å². The zero-order valence-electron chi connectivity index (χ0n) is 11.0. The van der Waals surface area contributed by atoms with Crippen LogP contribution in [0, 0.1) is 11.3 Å². The number of hydrogen-bond donors (Lipinski definition) is 0. The van der Waals surface area contributed by atoms with Gasteiger partial charge in [-0.2, -0.15) is 5.26 Å². The molecule has 0 fully saturated rings. The van der Waals surface area contributed by atoms with Gasteiger partial charge in [-0.3, -0.25) is 4.79 Å². The Kier molecular flexibility index (Phi) is 3.22. The lowest BCUT2D eigenvalue weighted by Gasteiger charge is -2.33. The van der Waals surface area contributed by atoms with Crippen LogP contribution in [-0.4, -0.2) is 17.4 Å². The van der Waals surface area contributed by atoms with Gasteiger partial charge in [-0.25, -0.2) is 0 Å². The van der Waals surface area contributed by atoms with Crippen LogP contribution < -0.4 is 0 Å². The van der Waals surface area contributed by atoms with Crippen LogP contribution in [0.2, 0.25) is 0 Å². The molecule has 1 amide bonds. The summed E-state index contributed by atoms with van der Waals surface area (Å²) >= 11 is 0. The molecule has 0 unspecified atom stereocenters. The minimum Gasteiger partial charge on any atom is -0.318 e. The molecule has 2 aromatic rings. The molecule has 0 aliphatic carbocycles. The summed E-state index contributed by atoms with van der Waals surface area (Å²) in [6.07, 6.45) is 0.799. The molecule has 1 heterocycles. The fourth-order valence-corrected chi connectivity index (χ4v) is 2.67. The number of carbonyl (C=O) groups is 1. The summed E-state index contributed by atoms with van der Waals surface area (Å²) < 4.78 is 0. The monoisotopic (exact) mass is 262 g/mol. The van der Waals surface area contributed by atoms with Gasteiger partial charge in [-0.15, -0.1) is 0 Å². The van der Waals surface area contributed by atoms with Gasteiger partial charge in [0.2, 0.25) is 0 Å². The first kappa shape index (κ1) is 12.4. The summed E-state index contributed by atoms with van der Waals surface area (Å²) in [5.74, 6) is -0.0772. The Bertz CT molecular complexity index is 673. The Morgan fingerprint density at radius 3 is 2.55 bits per heavy atom. The number of nitriles is 1. The third-order valence-corrected chi connectivity index (χ3v) is 3.69. The van der Waals surface area contributed by atoms with E-state index in [9.17, 15) is 10.1 Å². The molecule has 0 saturated carbocycles. The molecular formula is C17H14N2O. The first-order chi connectivity index (χ1) is 9.81. The Morgan fingerprint density at radius 2 is 1.80 bits per heavy atom. The summed E-state index contributed by atoms with van der Waals surface area (Å²) in [6, 6.07) is 18.8. The highest BCUT2D eigenvalue weighted by Gasteiger charge is 2.30. The SMILES string of the molecule is N#C[C@H]1c2ccccc2CCN1C(=O)c1ccccc1. The van der Waals surface area contributed by atoms with E-state index in [1.165, 1.54) is 0 Å². The van der Waals surface area contributed by atoms with Gasteiger partial charge in [-0.1, -0.05) is 42.5 Å². The standard InChI is InChI=1S/C17H14N2O/c18-12-16-15-9-5-4-6-13(15)10-11-19(16)17(20)14-7-2-1-3-8-14/h1-9,16H,10-11H2/t16-/m0/s1. The lowest BCUT2D eigenvalue weighted by atomic mass is 9.93. The van der Waals surface area contributed by atoms with Crippen molar-refractivity contribution in [3.05, 3.63) is 71.3 Å². The van der Waals surface area contributed by atoms with Crippen LogP contribution in [0.4, 0.5) is 0 Å². The summed E-state index contributed by atoms with van der Waals surface area (Å²) in [4.78, 5) is 14.2. The predicted octanol–water partition coefficient (Wildman–Crippen LogP) is 2.95. The van der Waals surface area contributed by atoms with E-state index in [0.717, 1.165) is 17.5 Å². The molecule has 0 radical (unpaired) electrons. The average molecular weight is 262 g/mol. The van der Waals surface area contributed by atoms with Crippen molar-refractivity contribution < 1.29 is 4.79 Å². The molecular weight excluding hydrogens is 248 g/mol. The number of rotatable bonds is 1. The summed E-state index contributed by atoms with van der Waals surface area (Å²) in [7, 11) is 0. The normalized spacial score (nSPS) is 17.1. The molecule has 1 aliphatic heterocycles. The van der Waals surface area contributed by atoms with Crippen molar-refractivity contribution >= 4 is 5.91 Å². The summed E-state index contributed by atoms with van der Waals surface area (Å²) in [6.45, 7) is 0.586. The maximum atomic E-state index is 12.6. The second-order valence-corrected chi connectivity index (χ2v) is 4.85. The number of fused-ring (bicyclic) bond motifs is 1. The highest BCUT2D eigenvalue weighted by molar-refractivity contribution is 5.94. The fraction of sp³-hybridized carbons (Fsp3) is 0.176. The van der Waals surface area contributed by atoms with Gasteiger partial charge in [0.15, 0.2) is 0 Å². The number of amides is 1. The van der Waals surface area contributed by atoms with Crippen molar-refractivity contribution in [2.24, 2.45) is 0 Å². The fourth-order valence-electron chi connectivity index (χ4n) is 2.67. The van der Waals surface area contributed by atoms with Crippen LogP contribution in [0.15, 0.2) is 54.6 Å². The molecule has 0 aromatic heterocycles. The Morgan fingerprint density at radius 1 is 1.10 bits per heavy atom. The Balaban J connectivity index is 1.96. The highest BCUT2D eigenvalue weighted by atomic mass is 16.2. The van der Waals surface area contributed by atoms with E-state index in [2.05, 4.69) is 6.07 Å². The molecule has 0 bridgehead atoms. The van der Waals surface area contributed by atoms with Gasteiger partial charge in [0.05, 0.1) is 6.07 Å². The van der Waals surface area contributed by atoms with E-state index in [-0.39, 0.29) is 5.91 Å². The van der Waals surface area contributed by atoms with Gasteiger partial charge in [0.25, 0.3) is 5.91 Å². The molecule has 1 aliphatic rings. The number of nitrogens with zero attached hydrogens (tertiary/aromatic N) is 2. The molecule has 0 spiro atoms. The van der Waals surface area contributed by atoms with Crippen molar-refractivity contribution in [2.75, 3.05) is 6.54 Å². The molecule has 3 nitrogen and oxygen atoms in total. The van der Waals surface area contributed by atoms with E-state index in [1.54, 1.807) is 17.0 Å². The molecule has 20 heavy (non-hydrogen) atoms. The molecule has 98 valence electrons. The van der Waals surface area contributed by atoms with Gasteiger partial charge >= 0.3 is 0 Å². The van der Waals surface area contributed by atoms with Crippen LogP contribution in [-0.2, 0) is 6.42 Å². The minimum absolute atomic E-state index is 0.0772. The largest absolute Gasteiger partial charge is 0.318 e. The van der Waals surface area contributed by atoms with Crippen LogP contribution in [0.3, 0.4) is 0 Å². The predicted molar refractivity (Wildman–Crippen MR) is 76.0 cm³/mol. The molecule has 1 atom stereocenters. The molecule has 3 heteroatoms. The van der Waals surface area contributed by atoms with Crippen molar-refractivity contribution in [1.29, 1.82) is 5.26 Å². The Hall–Kier alpha value is -2.60. The van der Waals surface area contributed by atoms with Gasteiger partial charge in [0, 0.05) is 12.1 Å². The van der Waals surface area contributed by atoms with Crippen LogP contribution in [0.1, 0.15) is 27.5 Å². The smallest absolute Gasteiger partial charge is 0.255 e. The topological polar surface area (TPSA) is 44.1 Å². The van der Waals surface area contributed by atoms with Crippen molar-refractivity contribution in [2.45, 2.75) is 12.5 Å². The molecule has 3 rings (SSSR count). The maximum Gasteiger partial charge on any atom is 0.255 e. The lowest BCUT2D eigenvalue weighted by molar-refractivity contribution is 0.0706. The third kappa shape index (κ3) is 2.06. The van der Waals surface area contributed by atoms with E-state index in [4.69, 9.17) is 0 Å². The van der Waals surface area contributed by atoms with Gasteiger partial charge < -0.3 is 4.90 Å². The molecule has 0 N–H and O–H groups in total. The minimum atomic E-state index is -0.493. The number of hydrogen-bond acceptors (Lipinski definition) is 2. The van der Waals surface area contributed by atoms with Crippen LogP contribution >= 0.6 is 0 Å². The van der Waals surface area contributed by atoms with Crippen LogP contribution in [0.5, 0.6) is 0 Å². The van der Waals surface area contributed by atoms with E-state index in [1.807, 2.05) is 42.5 Å². The second kappa shape index (κ2) is 5.18. The highest BCUT2D eigenvalue weighted by Crippen LogP contribution is 2.30. The maximum absolute atomic E-state index is 12.6. The first-order valence-corrected chi connectivity index (χ1v) is 6.64. The van der Waals surface area contributed by atoms with Crippen molar-refractivity contribution in [3.63, 3.8) is 0 Å². The first-order valence-electron chi connectivity index (χ1n) is 6.64. The summed E-state index contributed by atoms with van der Waals surface area (Å²) in [5.41, 5.74) is 2.74. The van der Waals surface area contributed by atoms with Gasteiger partial charge in [-0.05, 0) is 29.7 Å². The number of benzene rings is 2. The quantitative estimate of drug-likeness (QED) is 0.793. The molecule has 2 aromatic carbocycles. The van der Waals surface area contributed by atoms with Crippen molar-refractivity contribution in [3.8, 4) is 6.07 Å². The second-order valence-electron chi connectivity index (χ2n) is 4.85. The van der Waals surface area contributed by atoms with E-state index >= 15 is 0 Å². The molecule has 0 saturated heterocycles. The lowest BCUT2D eigenvalue weighted by Crippen LogP contribution is -2.39. The van der Waals surface area contributed by atoms with E-state index in [0.29, 0.717) is 12.1 Å². The third-order valence-electron chi connectivity index (χ3n) is 3.69.